The monoisotopic (exact) mass is 295 g/mol. The van der Waals surface area contributed by atoms with Gasteiger partial charge in [0.15, 0.2) is 5.75 Å². The lowest BCUT2D eigenvalue weighted by Crippen LogP contribution is -2.31. The lowest BCUT2D eigenvalue weighted by atomic mass is 10.3. The first-order valence-corrected chi connectivity index (χ1v) is 7.17. The summed E-state index contributed by atoms with van der Waals surface area (Å²) in [5.74, 6) is 0.571. The number of hydrogen-bond donors (Lipinski definition) is 0. The highest BCUT2D eigenvalue weighted by Crippen LogP contribution is 2.18. The molecule has 0 bridgehead atoms. The standard InChI is InChI=1S/C14H21N3O4/c1-3-4-7-20-14(18)17-6-5-11(10-17)21-12-8-15-13(19-2)16-9-12/h8-9,11H,3-7,10H2,1-2H3/t11-/m0/s1. The summed E-state index contributed by atoms with van der Waals surface area (Å²) in [5, 5.41) is 0. The van der Waals surface area contributed by atoms with Crippen molar-refractivity contribution in [2.75, 3.05) is 26.8 Å². The topological polar surface area (TPSA) is 73.8 Å². The van der Waals surface area contributed by atoms with Gasteiger partial charge in [-0.05, 0) is 6.42 Å². The largest absolute Gasteiger partial charge is 0.485 e. The fourth-order valence-corrected chi connectivity index (χ4v) is 2.05. The Hall–Kier alpha value is -2.05. The molecular weight excluding hydrogens is 274 g/mol. The number of aromatic nitrogens is 2. The number of unbranched alkanes of at least 4 members (excludes halogenated alkanes) is 1. The maximum Gasteiger partial charge on any atom is 0.409 e. The normalized spacial score (nSPS) is 17.6. The van der Waals surface area contributed by atoms with Crippen LogP contribution in [0.5, 0.6) is 11.8 Å². The zero-order valence-electron chi connectivity index (χ0n) is 12.4. The molecule has 0 saturated carbocycles. The number of likely N-dealkylation sites (tertiary alicyclic amines) is 1. The van der Waals surface area contributed by atoms with Gasteiger partial charge in [0.05, 0.1) is 32.7 Å². The van der Waals surface area contributed by atoms with Gasteiger partial charge in [-0.25, -0.2) is 4.79 Å². The molecule has 1 amide bonds. The van der Waals surface area contributed by atoms with Gasteiger partial charge in [0.1, 0.15) is 6.10 Å². The van der Waals surface area contributed by atoms with Gasteiger partial charge in [-0.2, -0.15) is 9.97 Å². The predicted octanol–water partition coefficient (Wildman–Crippen LogP) is 1.87. The molecule has 7 heteroatoms. The second-order valence-electron chi connectivity index (χ2n) is 4.85. The molecule has 2 rings (SSSR count). The smallest absolute Gasteiger partial charge is 0.409 e. The van der Waals surface area contributed by atoms with Crippen molar-refractivity contribution >= 4 is 6.09 Å². The van der Waals surface area contributed by atoms with Crippen molar-refractivity contribution in [1.29, 1.82) is 0 Å². The van der Waals surface area contributed by atoms with Crippen molar-refractivity contribution in [3.63, 3.8) is 0 Å². The van der Waals surface area contributed by atoms with E-state index in [-0.39, 0.29) is 12.2 Å². The molecule has 0 aliphatic carbocycles. The minimum absolute atomic E-state index is 0.0549. The molecule has 116 valence electrons. The Bertz CT molecular complexity index is 452. The number of carbonyl (C=O) groups excluding carboxylic acids is 1. The average molecular weight is 295 g/mol. The predicted molar refractivity (Wildman–Crippen MR) is 75.4 cm³/mol. The summed E-state index contributed by atoms with van der Waals surface area (Å²) in [6, 6.07) is 0.301. The second-order valence-corrected chi connectivity index (χ2v) is 4.85. The van der Waals surface area contributed by atoms with E-state index in [9.17, 15) is 4.79 Å². The van der Waals surface area contributed by atoms with Gasteiger partial charge in [-0.15, -0.1) is 0 Å². The van der Waals surface area contributed by atoms with Crippen LogP contribution in [0.1, 0.15) is 26.2 Å². The third-order valence-electron chi connectivity index (χ3n) is 3.22. The van der Waals surface area contributed by atoms with Crippen molar-refractivity contribution in [3.05, 3.63) is 12.4 Å². The van der Waals surface area contributed by atoms with Gasteiger partial charge < -0.3 is 19.1 Å². The molecular formula is C14H21N3O4. The van der Waals surface area contributed by atoms with Crippen molar-refractivity contribution in [2.24, 2.45) is 0 Å². The van der Waals surface area contributed by atoms with E-state index in [0.717, 1.165) is 19.3 Å². The minimum Gasteiger partial charge on any atom is -0.485 e. The third-order valence-corrected chi connectivity index (χ3v) is 3.22. The van der Waals surface area contributed by atoms with Crippen LogP contribution in [0.2, 0.25) is 0 Å². The van der Waals surface area contributed by atoms with Crippen LogP contribution in [-0.4, -0.2) is 53.9 Å². The molecule has 1 aliphatic heterocycles. The van der Waals surface area contributed by atoms with Crippen LogP contribution in [0.3, 0.4) is 0 Å². The summed E-state index contributed by atoms with van der Waals surface area (Å²) in [6.07, 6.45) is 5.48. The number of amides is 1. The van der Waals surface area contributed by atoms with Crippen LogP contribution >= 0.6 is 0 Å². The number of carbonyl (C=O) groups is 1. The summed E-state index contributed by atoms with van der Waals surface area (Å²) >= 11 is 0. The quantitative estimate of drug-likeness (QED) is 0.746. The Kier molecular flexibility index (Phi) is 5.59. The Morgan fingerprint density at radius 3 is 2.86 bits per heavy atom. The number of methoxy groups -OCH3 is 1. The Balaban J connectivity index is 1.77. The van der Waals surface area contributed by atoms with Crippen molar-refractivity contribution < 1.29 is 19.0 Å². The maximum absolute atomic E-state index is 11.8. The van der Waals surface area contributed by atoms with E-state index in [4.69, 9.17) is 14.2 Å². The summed E-state index contributed by atoms with van der Waals surface area (Å²) in [7, 11) is 1.51. The molecule has 1 atom stereocenters. The summed E-state index contributed by atoms with van der Waals surface area (Å²) in [4.78, 5) is 21.4. The van der Waals surface area contributed by atoms with Crippen LogP contribution in [0.4, 0.5) is 4.79 Å². The lowest BCUT2D eigenvalue weighted by molar-refractivity contribution is 0.104. The van der Waals surface area contributed by atoms with Crippen molar-refractivity contribution in [1.82, 2.24) is 14.9 Å². The van der Waals surface area contributed by atoms with Crippen molar-refractivity contribution in [3.8, 4) is 11.8 Å². The first-order chi connectivity index (χ1) is 10.2. The first-order valence-electron chi connectivity index (χ1n) is 7.17. The SMILES string of the molecule is CCCCOC(=O)N1CC[C@H](Oc2cnc(OC)nc2)C1. The van der Waals surface area contributed by atoms with Gasteiger partial charge in [0.2, 0.25) is 0 Å². The van der Waals surface area contributed by atoms with E-state index in [1.54, 1.807) is 17.3 Å². The van der Waals surface area contributed by atoms with Crippen LogP contribution < -0.4 is 9.47 Å². The molecule has 7 nitrogen and oxygen atoms in total. The van der Waals surface area contributed by atoms with E-state index < -0.39 is 0 Å². The Labute approximate surface area is 124 Å². The highest BCUT2D eigenvalue weighted by atomic mass is 16.6. The second kappa shape index (κ2) is 7.66. The van der Waals surface area contributed by atoms with Gasteiger partial charge in [-0.3, -0.25) is 0 Å². The van der Waals surface area contributed by atoms with E-state index in [1.165, 1.54) is 7.11 Å². The fraction of sp³-hybridized carbons (Fsp3) is 0.643. The highest BCUT2D eigenvalue weighted by molar-refractivity contribution is 5.68. The first kappa shape index (κ1) is 15.3. The number of nitrogens with zero attached hydrogens (tertiary/aromatic N) is 3. The molecule has 0 unspecified atom stereocenters. The minimum atomic E-state index is -0.263. The number of rotatable bonds is 6. The van der Waals surface area contributed by atoms with Crippen LogP contribution in [-0.2, 0) is 4.74 Å². The summed E-state index contributed by atoms with van der Waals surface area (Å²) < 4.78 is 15.8. The lowest BCUT2D eigenvalue weighted by Gasteiger charge is -2.16. The summed E-state index contributed by atoms with van der Waals surface area (Å²) in [6.45, 7) is 3.71. The van der Waals surface area contributed by atoms with Gasteiger partial charge >= 0.3 is 12.1 Å². The Morgan fingerprint density at radius 2 is 2.19 bits per heavy atom. The molecule has 1 aliphatic rings. The van der Waals surface area contributed by atoms with Crippen LogP contribution in [0.25, 0.3) is 0 Å². The Morgan fingerprint density at radius 1 is 1.43 bits per heavy atom. The van der Waals surface area contributed by atoms with Crippen LogP contribution in [0, 0.1) is 0 Å². The third kappa shape index (κ3) is 4.47. The van der Waals surface area contributed by atoms with Gasteiger partial charge in [0, 0.05) is 13.0 Å². The molecule has 0 aromatic carbocycles. The molecule has 21 heavy (non-hydrogen) atoms. The van der Waals surface area contributed by atoms with E-state index in [1.807, 2.05) is 0 Å². The average Bonchev–Trinajstić information content (AvgIpc) is 2.97. The van der Waals surface area contributed by atoms with E-state index in [2.05, 4.69) is 16.9 Å². The number of hydrogen-bond acceptors (Lipinski definition) is 6. The van der Waals surface area contributed by atoms with Crippen LogP contribution in [0.15, 0.2) is 12.4 Å². The zero-order chi connectivity index (χ0) is 15.1. The van der Waals surface area contributed by atoms with Gasteiger partial charge in [0.25, 0.3) is 0 Å². The molecule has 1 aromatic rings. The molecule has 2 heterocycles. The fourth-order valence-electron chi connectivity index (χ4n) is 2.05. The maximum atomic E-state index is 11.8. The van der Waals surface area contributed by atoms with E-state index in [0.29, 0.717) is 31.5 Å². The highest BCUT2D eigenvalue weighted by Gasteiger charge is 2.28. The summed E-state index contributed by atoms with van der Waals surface area (Å²) in [5.41, 5.74) is 0. The van der Waals surface area contributed by atoms with Crippen molar-refractivity contribution in [2.45, 2.75) is 32.3 Å². The molecule has 1 aromatic heterocycles. The van der Waals surface area contributed by atoms with E-state index >= 15 is 0 Å². The van der Waals surface area contributed by atoms with Gasteiger partial charge in [-0.1, -0.05) is 13.3 Å². The zero-order valence-corrected chi connectivity index (χ0v) is 12.4. The molecule has 0 radical (unpaired) electrons. The number of ether oxygens (including phenoxy) is 3. The molecule has 1 saturated heterocycles. The molecule has 1 fully saturated rings. The molecule has 0 spiro atoms. The molecule has 0 N–H and O–H groups in total.